The molecule has 1 saturated heterocycles. The van der Waals surface area contributed by atoms with E-state index in [-0.39, 0.29) is 5.91 Å². The molecule has 0 spiro atoms. The van der Waals surface area contributed by atoms with Crippen LogP contribution in [0, 0.1) is 0 Å². The van der Waals surface area contributed by atoms with E-state index >= 15 is 0 Å². The molecule has 2 aliphatic heterocycles. The van der Waals surface area contributed by atoms with Crippen LogP contribution in [0.3, 0.4) is 0 Å². The summed E-state index contributed by atoms with van der Waals surface area (Å²) in [5.74, 6) is 1.23. The average molecular weight is 421 g/mol. The van der Waals surface area contributed by atoms with Crippen LogP contribution in [-0.4, -0.2) is 52.8 Å². The van der Waals surface area contributed by atoms with E-state index in [0.29, 0.717) is 24.2 Å². The third kappa shape index (κ3) is 3.69. The van der Waals surface area contributed by atoms with E-state index in [1.165, 1.54) is 0 Å². The van der Waals surface area contributed by atoms with Crippen LogP contribution in [0.5, 0.6) is 0 Å². The molecule has 9 nitrogen and oxygen atoms in total. The Morgan fingerprint density at radius 1 is 1.13 bits per heavy atom. The summed E-state index contributed by atoms with van der Waals surface area (Å²) in [6, 6.07) is 0.464. The number of anilines is 3. The summed E-state index contributed by atoms with van der Waals surface area (Å²) in [6.07, 6.45) is 13.9. The zero-order valence-electron chi connectivity index (χ0n) is 18.0. The minimum atomic E-state index is -0.0220. The Morgan fingerprint density at radius 3 is 2.77 bits per heavy atom. The fraction of sp³-hybridized carbons (Fsp3) is 0.455. The minimum absolute atomic E-state index is 0.0220. The van der Waals surface area contributed by atoms with Crippen molar-refractivity contribution in [3.8, 4) is 0 Å². The molecule has 9 heteroatoms. The van der Waals surface area contributed by atoms with Gasteiger partial charge in [-0.3, -0.25) is 9.48 Å². The van der Waals surface area contributed by atoms with E-state index in [9.17, 15) is 4.79 Å². The zero-order chi connectivity index (χ0) is 21.4. The number of allylic oxidation sites excluding steroid dienone is 2. The number of nitrogens with one attached hydrogen (secondary N) is 2. The molecule has 4 heterocycles. The van der Waals surface area contributed by atoms with Crippen LogP contribution < -0.4 is 20.4 Å². The molecule has 0 unspecified atom stereocenters. The molecule has 3 aliphatic rings. The highest BCUT2D eigenvalue weighted by Gasteiger charge is 2.32. The molecule has 1 aliphatic carbocycles. The molecule has 2 aromatic heterocycles. The van der Waals surface area contributed by atoms with Gasteiger partial charge in [-0.05, 0) is 38.8 Å². The SMILES string of the molecule is CN1C(=O)C2=CCCC=C2N(C)c2nc(NCc3cnn(C4CCNCC4)c3)ncc21. The summed E-state index contributed by atoms with van der Waals surface area (Å²) in [5, 5.41) is 11.3. The van der Waals surface area contributed by atoms with Crippen LogP contribution in [-0.2, 0) is 11.3 Å². The fourth-order valence-corrected chi connectivity index (χ4v) is 4.44. The van der Waals surface area contributed by atoms with E-state index in [0.717, 1.165) is 61.4 Å². The number of aromatic nitrogens is 4. The van der Waals surface area contributed by atoms with E-state index in [4.69, 9.17) is 4.98 Å². The maximum absolute atomic E-state index is 12.9. The first-order valence-electron chi connectivity index (χ1n) is 10.9. The van der Waals surface area contributed by atoms with Gasteiger partial charge in [0.1, 0.15) is 5.69 Å². The number of carbonyl (C=O) groups excluding carboxylic acids is 1. The van der Waals surface area contributed by atoms with Gasteiger partial charge in [-0.15, -0.1) is 0 Å². The van der Waals surface area contributed by atoms with Gasteiger partial charge in [-0.1, -0.05) is 12.2 Å². The third-order valence-electron chi connectivity index (χ3n) is 6.24. The Balaban J connectivity index is 1.35. The average Bonchev–Trinajstić information content (AvgIpc) is 3.28. The van der Waals surface area contributed by atoms with Gasteiger partial charge in [0.2, 0.25) is 5.95 Å². The van der Waals surface area contributed by atoms with Gasteiger partial charge in [-0.2, -0.15) is 10.1 Å². The largest absolute Gasteiger partial charge is 0.350 e. The van der Waals surface area contributed by atoms with Crippen molar-refractivity contribution < 1.29 is 4.79 Å². The molecule has 2 N–H and O–H groups in total. The molecule has 2 aromatic rings. The van der Waals surface area contributed by atoms with Gasteiger partial charge in [0.05, 0.1) is 29.7 Å². The summed E-state index contributed by atoms with van der Waals surface area (Å²) in [4.78, 5) is 25.8. The number of fused-ring (bicyclic) bond motifs is 2. The highest BCUT2D eigenvalue weighted by Crippen LogP contribution is 2.37. The van der Waals surface area contributed by atoms with Crippen LogP contribution in [0.4, 0.5) is 17.5 Å². The van der Waals surface area contributed by atoms with Crippen LogP contribution in [0.25, 0.3) is 0 Å². The zero-order valence-corrected chi connectivity index (χ0v) is 18.0. The van der Waals surface area contributed by atoms with Crippen LogP contribution in [0.15, 0.2) is 42.0 Å². The van der Waals surface area contributed by atoms with Crippen molar-refractivity contribution >= 4 is 23.4 Å². The van der Waals surface area contributed by atoms with Crippen molar-refractivity contribution in [2.24, 2.45) is 0 Å². The van der Waals surface area contributed by atoms with Crippen molar-refractivity contribution in [3.63, 3.8) is 0 Å². The third-order valence-corrected chi connectivity index (χ3v) is 6.24. The molecular formula is C22H28N8O. The molecule has 31 heavy (non-hydrogen) atoms. The van der Waals surface area contributed by atoms with E-state index < -0.39 is 0 Å². The lowest BCUT2D eigenvalue weighted by Crippen LogP contribution is -2.29. The van der Waals surface area contributed by atoms with Crippen LogP contribution in [0.2, 0.25) is 0 Å². The quantitative estimate of drug-likeness (QED) is 0.784. The molecule has 0 saturated carbocycles. The van der Waals surface area contributed by atoms with Crippen molar-refractivity contribution in [1.29, 1.82) is 0 Å². The minimum Gasteiger partial charge on any atom is -0.350 e. The molecule has 1 amide bonds. The molecule has 5 rings (SSSR count). The van der Waals surface area contributed by atoms with Gasteiger partial charge >= 0.3 is 0 Å². The number of rotatable bonds is 4. The predicted octanol–water partition coefficient (Wildman–Crippen LogP) is 2.23. The van der Waals surface area contributed by atoms with E-state index in [1.807, 2.05) is 24.2 Å². The van der Waals surface area contributed by atoms with Crippen LogP contribution in [0.1, 0.15) is 37.3 Å². The summed E-state index contributed by atoms with van der Waals surface area (Å²) >= 11 is 0. The lowest BCUT2D eigenvalue weighted by Gasteiger charge is -2.23. The number of hydrogen-bond donors (Lipinski definition) is 2. The van der Waals surface area contributed by atoms with Gasteiger partial charge in [0.25, 0.3) is 5.91 Å². The van der Waals surface area contributed by atoms with Crippen molar-refractivity contribution in [2.45, 2.75) is 38.3 Å². The fourth-order valence-electron chi connectivity index (χ4n) is 4.44. The topological polar surface area (TPSA) is 91.2 Å². The number of carbonyl (C=O) groups is 1. The molecule has 0 aromatic carbocycles. The lowest BCUT2D eigenvalue weighted by molar-refractivity contribution is -0.114. The monoisotopic (exact) mass is 420 g/mol. The van der Waals surface area contributed by atoms with Crippen molar-refractivity contribution in [2.75, 3.05) is 42.3 Å². The number of piperidine rings is 1. The Morgan fingerprint density at radius 2 is 1.94 bits per heavy atom. The van der Waals surface area contributed by atoms with Crippen molar-refractivity contribution in [1.82, 2.24) is 25.1 Å². The summed E-state index contributed by atoms with van der Waals surface area (Å²) < 4.78 is 2.08. The standard InChI is InChI=1S/C22H28N8O/c1-28-18-6-4-3-5-17(18)21(31)29(2)19-13-25-22(27-20(19)28)24-11-15-12-26-30(14-15)16-7-9-23-10-8-16/h5-6,12-14,16,23H,3-4,7-11H2,1-2H3,(H,24,25,27). The van der Waals surface area contributed by atoms with E-state index in [1.54, 1.807) is 18.1 Å². The Labute approximate surface area is 181 Å². The highest BCUT2D eigenvalue weighted by atomic mass is 16.2. The Bertz CT molecular complexity index is 1050. The molecule has 0 atom stereocenters. The first kappa shape index (κ1) is 19.7. The van der Waals surface area contributed by atoms with E-state index in [2.05, 4.69) is 37.7 Å². The number of hydrogen-bond acceptors (Lipinski definition) is 7. The van der Waals surface area contributed by atoms with Gasteiger partial charge < -0.3 is 20.4 Å². The van der Waals surface area contributed by atoms with Gasteiger partial charge in [0.15, 0.2) is 5.82 Å². The van der Waals surface area contributed by atoms with Crippen molar-refractivity contribution in [3.05, 3.63) is 47.6 Å². The summed E-state index contributed by atoms with van der Waals surface area (Å²) in [6.45, 7) is 2.67. The first-order chi connectivity index (χ1) is 15.1. The molecule has 0 bridgehead atoms. The Kier molecular flexibility index (Phi) is 5.19. The number of amides is 1. The maximum Gasteiger partial charge on any atom is 0.259 e. The summed E-state index contributed by atoms with van der Waals surface area (Å²) in [5.41, 5.74) is 3.44. The second kappa shape index (κ2) is 8.14. The lowest BCUT2D eigenvalue weighted by atomic mass is 10.0. The molecule has 162 valence electrons. The number of likely N-dealkylation sites (N-methyl/N-ethyl adjacent to an activating group) is 2. The molecular weight excluding hydrogens is 392 g/mol. The molecule has 1 fully saturated rings. The van der Waals surface area contributed by atoms with Gasteiger partial charge in [-0.25, -0.2) is 4.98 Å². The molecule has 0 radical (unpaired) electrons. The van der Waals surface area contributed by atoms with Crippen LogP contribution >= 0.6 is 0 Å². The second-order valence-electron chi connectivity index (χ2n) is 8.27. The highest BCUT2D eigenvalue weighted by molar-refractivity contribution is 6.12. The van der Waals surface area contributed by atoms with Gasteiger partial charge in [0, 0.05) is 32.4 Å². The first-order valence-corrected chi connectivity index (χ1v) is 10.9. The second-order valence-corrected chi connectivity index (χ2v) is 8.27. The summed E-state index contributed by atoms with van der Waals surface area (Å²) in [7, 11) is 3.73. The normalized spacial score (nSPS) is 19.4. The smallest absolute Gasteiger partial charge is 0.259 e. The Hall–Kier alpha value is -3.20. The number of nitrogens with zero attached hydrogens (tertiary/aromatic N) is 6. The maximum atomic E-state index is 12.9. The predicted molar refractivity (Wildman–Crippen MR) is 120 cm³/mol.